The maximum absolute atomic E-state index is 13.9. The maximum Gasteiger partial charge on any atom is 0.256 e. The van der Waals surface area contributed by atoms with Gasteiger partial charge in [0.25, 0.3) is 5.91 Å². The van der Waals surface area contributed by atoms with E-state index in [9.17, 15) is 24.2 Å². The molecule has 0 spiro atoms. The number of benzene rings is 2. The quantitative estimate of drug-likeness (QED) is 0.524. The van der Waals surface area contributed by atoms with Crippen molar-refractivity contribution in [3.05, 3.63) is 70.7 Å². The molecule has 7 nitrogen and oxygen atoms in total. The largest absolute Gasteiger partial charge is 0.395 e. The molecule has 2 aromatic carbocycles. The topological polar surface area (TPSA) is 96.9 Å². The molecule has 1 aliphatic heterocycles. The van der Waals surface area contributed by atoms with E-state index in [4.69, 9.17) is 0 Å². The van der Waals surface area contributed by atoms with Crippen LogP contribution in [0.2, 0.25) is 0 Å². The van der Waals surface area contributed by atoms with Gasteiger partial charge in [-0.3, -0.25) is 9.59 Å². The molecule has 3 N–H and O–H groups in total. The number of amides is 2. The van der Waals surface area contributed by atoms with Crippen LogP contribution in [0.15, 0.2) is 42.5 Å². The van der Waals surface area contributed by atoms with Crippen molar-refractivity contribution in [2.24, 2.45) is 0 Å². The molecule has 0 radical (unpaired) electrons. The number of carbonyl (C=O) groups is 2. The lowest BCUT2D eigenvalue weighted by molar-refractivity contribution is -0.131. The van der Waals surface area contributed by atoms with Gasteiger partial charge in [-0.25, -0.2) is 4.39 Å². The van der Waals surface area contributed by atoms with Crippen LogP contribution in [-0.4, -0.2) is 69.7 Å². The summed E-state index contributed by atoms with van der Waals surface area (Å²) in [7, 11) is 0. The summed E-state index contributed by atoms with van der Waals surface area (Å²) in [4.78, 5) is 32.3. The van der Waals surface area contributed by atoms with Crippen molar-refractivity contribution < 1.29 is 24.2 Å². The Morgan fingerprint density at radius 3 is 2.53 bits per heavy atom. The Bertz CT molecular complexity index is 1140. The van der Waals surface area contributed by atoms with Crippen LogP contribution in [-0.2, 0) is 24.2 Å². The molecule has 0 saturated carbocycles. The number of hydrogen-bond acceptors (Lipinski definition) is 4. The number of halogens is 1. The number of carbonyl (C=O) groups excluding carboxylic acids is 2. The number of aliphatic hydroxyl groups is 2. The molecule has 2 heterocycles. The third-order valence-electron chi connectivity index (χ3n) is 5.92. The van der Waals surface area contributed by atoms with Gasteiger partial charge in [0.1, 0.15) is 5.82 Å². The van der Waals surface area contributed by atoms with Gasteiger partial charge in [-0.1, -0.05) is 30.3 Å². The second kappa shape index (κ2) is 9.50. The standard InChI is InChI=1S/C24H26FN3O4/c25-20-7-2-1-4-16(20)14-22(31)28-9-8-17-18-5-3-6-19(23(18)26-21(17)15-28)24(32)27(10-12-29)11-13-30/h1-7,26,29-30H,8-15H2. The first-order valence-corrected chi connectivity index (χ1v) is 10.7. The molecule has 0 atom stereocenters. The lowest BCUT2D eigenvalue weighted by Crippen LogP contribution is -2.37. The molecule has 0 saturated heterocycles. The van der Waals surface area contributed by atoms with E-state index in [1.165, 1.54) is 11.0 Å². The summed E-state index contributed by atoms with van der Waals surface area (Å²) < 4.78 is 13.9. The predicted octanol–water partition coefficient (Wildman–Crippen LogP) is 1.86. The zero-order valence-corrected chi connectivity index (χ0v) is 17.7. The Kier molecular flexibility index (Phi) is 6.53. The van der Waals surface area contributed by atoms with Gasteiger partial charge in [0, 0.05) is 30.7 Å². The van der Waals surface area contributed by atoms with Crippen LogP contribution in [0.1, 0.15) is 27.2 Å². The molecule has 8 heteroatoms. The van der Waals surface area contributed by atoms with Gasteiger partial charge in [0.2, 0.25) is 5.91 Å². The number of nitrogens with zero attached hydrogens (tertiary/aromatic N) is 2. The van der Waals surface area contributed by atoms with E-state index in [1.54, 1.807) is 29.2 Å². The van der Waals surface area contributed by atoms with Crippen molar-refractivity contribution in [1.29, 1.82) is 0 Å². The molecule has 32 heavy (non-hydrogen) atoms. The van der Waals surface area contributed by atoms with Crippen molar-refractivity contribution in [2.75, 3.05) is 32.8 Å². The highest BCUT2D eigenvalue weighted by Crippen LogP contribution is 2.30. The van der Waals surface area contributed by atoms with Gasteiger partial charge >= 0.3 is 0 Å². The lowest BCUT2D eigenvalue weighted by atomic mass is 10.0. The van der Waals surface area contributed by atoms with Gasteiger partial charge in [-0.05, 0) is 29.7 Å². The summed E-state index contributed by atoms with van der Waals surface area (Å²) in [6.45, 7) is 0.765. The molecular weight excluding hydrogens is 413 g/mol. The van der Waals surface area contributed by atoms with Gasteiger partial charge in [-0.2, -0.15) is 0 Å². The van der Waals surface area contributed by atoms with Crippen molar-refractivity contribution >= 4 is 22.7 Å². The predicted molar refractivity (Wildman–Crippen MR) is 118 cm³/mol. The Morgan fingerprint density at radius 1 is 1.06 bits per heavy atom. The zero-order valence-electron chi connectivity index (χ0n) is 17.7. The molecule has 168 valence electrons. The molecule has 1 aromatic heterocycles. The first-order valence-electron chi connectivity index (χ1n) is 10.7. The normalized spacial score (nSPS) is 13.3. The van der Waals surface area contributed by atoms with E-state index in [-0.39, 0.29) is 50.4 Å². The highest BCUT2D eigenvalue weighted by Gasteiger charge is 2.27. The number of aromatic amines is 1. The molecular formula is C24H26FN3O4. The van der Waals surface area contributed by atoms with Crippen LogP contribution >= 0.6 is 0 Å². The van der Waals surface area contributed by atoms with E-state index < -0.39 is 0 Å². The van der Waals surface area contributed by atoms with Crippen molar-refractivity contribution in [1.82, 2.24) is 14.8 Å². The highest BCUT2D eigenvalue weighted by atomic mass is 19.1. The SMILES string of the molecule is O=C(Cc1ccccc1F)N1CCc2c([nH]c3c(C(=O)N(CCO)CCO)cccc23)C1. The number of H-pyrrole nitrogens is 1. The van der Waals surface area contributed by atoms with Crippen molar-refractivity contribution in [3.8, 4) is 0 Å². The van der Waals surface area contributed by atoms with Crippen LogP contribution in [0.4, 0.5) is 4.39 Å². The second-order valence-electron chi connectivity index (χ2n) is 7.88. The molecule has 3 aromatic rings. The van der Waals surface area contributed by atoms with Crippen molar-refractivity contribution in [3.63, 3.8) is 0 Å². The third-order valence-corrected chi connectivity index (χ3v) is 5.92. The molecule has 4 rings (SSSR count). The lowest BCUT2D eigenvalue weighted by Gasteiger charge is -2.27. The number of fused-ring (bicyclic) bond motifs is 3. The minimum atomic E-state index is -0.386. The minimum absolute atomic E-state index is 0.00322. The fourth-order valence-electron chi connectivity index (χ4n) is 4.30. The van der Waals surface area contributed by atoms with Crippen LogP contribution in [0, 0.1) is 5.82 Å². The summed E-state index contributed by atoms with van der Waals surface area (Å²) in [6, 6.07) is 11.8. The van der Waals surface area contributed by atoms with E-state index in [2.05, 4.69) is 4.98 Å². The Labute approximate surface area is 185 Å². The second-order valence-corrected chi connectivity index (χ2v) is 7.88. The van der Waals surface area contributed by atoms with Crippen LogP contribution in [0.25, 0.3) is 10.9 Å². The smallest absolute Gasteiger partial charge is 0.256 e. The molecule has 1 aliphatic rings. The first kappa shape index (κ1) is 22.0. The van der Waals surface area contributed by atoms with Gasteiger partial charge in [0.15, 0.2) is 0 Å². The average Bonchev–Trinajstić information content (AvgIpc) is 3.18. The summed E-state index contributed by atoms with van der Waals surface area (Å²) >= 11 is 0. The summed E-state index contributed by atoms with van der Waals surface area (Å²) in [5.74, 6) is -0.805. The average molecular weight is 439 g/mol. The van der Waals surface area contributed by atoms with E-state index >= 15 is 0 Å². The molecule has 0 fully saturated rings. The number of rotatable bonds is 7. The van der Waals surface area contributed by atoms with E-state index in [1.807, 2.05) is 12.1 Å². The fourth-order valence-corrected chi connectivity index (χ4v) is 4.30. The number of hydrogen-bond donors (Lipinski definition) is 3. The van der Waals surface area contributed by atoms with Gasteiger partial charge in [0.05, 0.1) is 37.3 Å². The number of aliphatic hydroxyl groups excluding tert-OH is 2. The van der Waals surface area contributed by atoms with E-state index in [0.29, 0.717) is 36.2 Å². The Hall–Kier alpha value is -3.23. The number of para-hydroxylation sites is 1. The summed E-state index contributed by atoms with van der Waals surface area (Å²) in [5.41, 5.74) is 3.46. The van der Waals surface area contributed by atoms with Crippen LogP contribution in [0.3, 0.4) is 0 Å². The zero-order chi connectivity index (χ0) is 22.7. The third kappa shape index (κ3) is 4.24. The Morgan fingerprint density at radius 2 is 1.81 bits per heavy atom. The number of nitrogens with one attached hydrogen (secondary N) is 1. The van der Waals surface area contributed by atoms with Gasteiger partial charge in [-0.15, -0.1) is 0 Å². The minimum Gasteiger partial charge on any atom is -0.395 e. The fraction of sp³-hybridized carbons (Fsp3) is 0.333. The van der Waals surface area contributed by atoms with Gasteiger partial charge < -0.3 is 25.0 Å². The monoisotopic (exact) mass is 439 g/mol. The molecule has 2 amide bonds. The summed E-state index contributed by atoms with van der Waals surface area (Å²) in [6.07, 6.45) is 0.635. The van der Waals surface area contributed by atoms with E-state index in [0.717, 1.165) is 16.6 Å². The number of aromatic nitrogens is 1. The molecule has 0 bridgehead atoms. The molecule has 0 unspecified atom stereocenters. The van der Waals surface area contributed by atoms with Crippen LogP contribution < -0.4 is 0 Å². The van der Waals surface area contributed by atoms with Crippen LogP contribution in [0.5, 0.6) is 0 Å². The maximum atomic E-state index is 13.9. The Balaban J connectivity index is 1.59. The first-order chi connectivity index (χ1) is 15.5. The highest BCUT2D eigenvalue weighted by molar-refractivity contribution is 6.07. The van der Waals surface area contributed by atoms with Crippen molar-refractivity contribution in [2.45, 2.75) is 19.4 Å². The summed E-state index contributed by atoms with van der Waals surface area (Å²) in [5, 5.41) is 19.5. The molecule has 0 aliphatic carbocycles.